The molecule has 0 atom stereocenters. The number of para-hydroxylation sites is 2. The summed E-state index contributed by atoms with van der Waals surface area (Å²) in [6.07, 6.45) is 2.29. The third-order valence-corrected chi connectivity index (χ3v) is 5.44. The number of phenols is 1. The summed E-state index contributed by atoms with van der Waals surface area (Å²) in [5.74, 6) is 0.905. The first-order chi connectivity index (χ1) is 14.0. The minimum absolute atomic E-state index is 0.142. The van der Waals surface area contributed by atoms with Crippen LogP contribution in [-0.2, 0) is 6.42 Å². The van der Waals surface area contributed by atoms with Gasteiger partial charge in [-0.3, -0.25) is 9.83 Å². The number of pyridine rings is 1. The molecule has 0 radical (unpaired) electrons. The fourth-order valence-corrected chi connectivity index (χ4v) is 3.91. The summed E-state index contributed by atoms with van der Waals surface area (Å²) < 4.78 is 2.79. The Kier molecular flexibility index (Phi) is 4.95. The van der Waals surface area contributed by atoms with Crippen molar-refractivity contribution in [2.45, 2.75) is 20.3 Å². The van der Waals surface area contributed by atoms with Gasteiger partial charge >= 0.3 is 0 Å². The van der Waals surface area contributed by atoms with E-state index in [9.17, 15) is 10.4 Å². The second-order valence-corrected chi connectivity index (χ2v) is 7.54. The van der Waals surface area contributed by atoms with Gasteiger partial charge in [0, 0.05) is 10.0 Å². The van der Waals surface area contributed by atoms with Crippen molar-refractivity contribution >= 4 is 44.6 Å². The molecule has 0 amide bonds. The van der Waals surface area contributed by atoms with Crippen LogP contribution in [-0.4, -0.2) is 20.7 Å². The zero-order chi connectivity index (χ0) is 20.5. The smallest absolute Gasteiger partial charge is 0.157 e. The summed E-state index contributed by atoms with van der Waals surface area (Å²) in [4.78, 5) is 4.68. The molecule has 0 aliphatic carbocycles. The average molecular weight is 448 g/mol. The SMILES string of the molecule is CCc1c(C)c(C#N)c2nc3ccccc3n2c1NN=Cc1cc(Br)ccc1O. The number of rotatable bonds is 4. The molecule has 0 aliphatic heterocycles. The topological polar surface area (TPSA) is 85.7 Å². The molecule has 0 saturated heterocycles. The summed E-state index contributed by atoms with van der Waals surface area (Å²) in [6, 6.07) is 15.2. The number of nitriles is 1. The summed E-state index contributed by atoms with van der Waals surface area (Å²) in [7, 11) is 0. The quantitative estimate of drug-likeness (QED) is 0.334. The van der Waals surface area contributed by atoms with Crippen molar-refractivity contribution in [2.24, 2.45) is 5.10 Å². The van der Waals surface area contributed by atoms with E-state index >= 15 is 0 Å². The van der Waals surface area contributed by atoms with Crippen LogP contribution in [0.5, 0.6) is 5.75 Å². The van der Waals surface area contributed by atoms with Crippen molar-refractivity contribution in [2.75, 3.05) is 5.43 Å². The van der Waals surface area contributed by atoms with Gasteiger partial charge in [0.05, 0.1) is 22.8 Å². The molecule has 144 valence electrons. The Morgan fingerprint density at radius 1 is 1.31 bits per heavy atom. The van der Waals surface area contributed by atoms with Crippen LogP contribution in [0.15, 0.2) is 52.0 Å². The van der Waals surface area contributed by atoms with E-state index in [1.165, 1.54) is 0 Å². The number of aromatic hydroxyl groups is 1. The molecule has 2 aromatic carbocycles. The highest BCUT2D eigenvalue weighted by molar-refractivity contribution is 9.10. The minimum atomic E-state index is 0.142. The average Bonchev–Trinajstić information content (AvgIpc) is 3.09. The highest BCUT2D eigenvalue weighted by Crippen LogP contribution is 2.31. The van der Waals surface area contributed by atoms with Gasteiger partial charge in [0.25, 0.3) is 0 Å². The van der Waals surface area contributed by atoms with Gasteiger partial charge in [-0.1, -0.05) is 35.0 Å². The lowest BCUT2D eigenvalue weighted by Crippen LogP contribution is -2.07. The number of anilines is 1. The van der Waals surface area contributed by atoms with Crippen LogP contribution in [0.25, 0.3) is 16.7 Å². The normalized spacial score (nSPS) is 11.4. The zero-order valence-electron chi connectivity index (χ0n) is 15.9. The molecule has 2 aromatic heterocycles. The number of halogens is 1. The highest BCUT2D eigenvalue weighted by atomic mass is 79.9. The summed E-state index contributed by atoms with van der Waals surface area (Å²) in [6.45, 7) is 3.98. The first-order valence-electron chi connectivity index (χ1n) is 9.15. The maximum absolute atomic E-state index is 10.0. The summed E-state index contributed by atoms with van der Waals surface area (Å²) in [5.41, 5.74) is 8.48. The van der Waals surface area contributed by atoms with Gasteiger partial charge < -0.3 is 5.11 Å². The second-order valence-electron chi connectivity index (χ2n) is 6.63. The molecular weight excluding hydrogens is 430 g/mol. The van der Waals surface area contributed by atoms with Gasteiger partial charge in [0.15, 0.2) is 5.65 Å². The van der Waals surface area contributed by atoms with Crippen molar-refractivity contribution in [1.82, 2.24) is 9.38 Å². The first kappa shape index (κ1) is 19.0. The molecule has 0 saturated carbocycles. The maximum atomic E-state index is 10.0. The molecule has 0 bridgehead atoms. The molecule has 29 heavy (non-hydrogen) atoms. The monoisotopic (exact) mass is 447 g/mol. The van der Waals surface area contributed by atoms with Gasteiger partial charge in [-0.05, 0) is 54.8 Å². The van der Waals surface area contributed by atoms with E-state index in [2.05, 4.69) is 37.5 Å². The van der Waals surface area contributed by atoms with Crippen molar-refractivity contribution in [1.29, 1.82) is 5.26 Å². The number of imidazole rings is 1. The van der Waals surface area contributed by atoms with Crippen LogP contribution >= 0.6 is 15.9 Å². The zero-order valence-corrected chi connectivity index (χ0v) is 17.5. The molecule has 4 rings (SSSR count). The fourth-order valence-electron chi connectivity index (χ4n) is 3.53. The molecule has 7 heteroatoms. The van der Waals surface area contributed by atoms with E-state index < -0.39 is 0 Å². The maximum Gasteiger partial charge on any atom is 0.157 e. The fraction of sp³-hybridized carbons (Fsp3) is 0.136. The molecule has 6 nitrogen and oxygen atoms in total. The van der Waals surface area contributed by atoms with E-state index in [0.717, 1.165) is 38.9 Å². The number of fused-ring (bicyclic) bond motifs is 3. The Bertz CT molecular complexity index is 1320. The predicted molar refractivity (Wildman–Crippen MR) is 119 cm³/mol. The first-order valence-corrected chi connectivity index (χ1v) is 9.94. The van der Waals surface area contributed by atoms with Crippen LogP contribution in [0.1, 0.15) is 29.2 Å². The molecule has 4 aromatic rings. The lowest BCUT2D eigenvalue weighted by Gasteiger charge is -2.15. The number of phenolic OH excluding ortho intramolecular Hbond substituents is 1. The third-order valence-electron chi connectivity index (χ3n) is 4.95. The third kappa shape index (κ3) is 3.22. The Balaban J connectivity index is 1.92. The Hall–Kier alpha value is -3.37. The van der Waals surface area contributed by atoms with Gasteiger partial charge in [-0.2, -0.15) is 10.4 Å². The van der Waals surface area contributed by atoms with E-state index in [-0.39, 0.29) is 5.75 Å². The second kappa shape index (κ2) is 7.57. The lowest BCUT2D eigenvalue weighted by molar-refractivity contribution is 0.474. The van der Waals surface area contributed by atoms with E-state index in [1.54, 1.807) is 24.4 Å². The van der Waals surface area contributed by atoms with Crippen LogP contribution in [0.3, 0.4) is 0 Å². The van der Waals surface area contributed by atoms with Crippen molar-refractivity contribution in [3.05, 3.63) is 69.2 Å². The van der Waals surface area contributed by atoms with E-state index in [1.807, 2.05) is 42.5 Å². The van der Waals surface area contributed by atoms with Crippen molar-refractivity contribution in [3.63, 3.8) is 0 Å². The number of hydrogen-bond acceptors (Lipinski definition) is 5. The standard InChI is InChI=1S/C22H18BrN5O/c1-3-16-13(2)17(11-24)21-26-18-6-4-5-7-19(18)28(21)22(16)27-25-12-14-10-15(23)8-9-20(14)29/h4-10,12,27,29H,3H2,1-2H3. The molecule has 2 heterocycles. The Morgan fingerprint density at radius 3 is 2.86 bits per heavy atom. The molecular formula is C22H18BrN5O. The summed E-state index contributed by atoms with van der Waals surface area (Å²) >= 11 is 3.40. The number of hydrazone groups is 1. The molecule has 0 spiro atoms. The van der Waals surface area contributed by atoms with Crippen LogP contribution in [0, 0.1) is 18.3 Å². The Morgan fingerprint density at radius 2 is 2.10 bits per heavy atom. The van der Waals surface area contributed by atoms with Crippen LogP contribution in [0.2, 0.25) is 0 Å². The minimum Gasteiger partial charge on any atom is -0.507 e. The van der Waals surface area contributed by atoms with Gasteiger partial charge in [0.1, 0.15) is 17.6 Å². The van der Waals surface area contributed by atoms with Crippen LogP contribution in [0.4, 0.5) is 5.82 Å². The van der Waals surface area contributed by atoms with E-state index in [4.69, 9.17) is 0 Å². The molecule has 2 N–H and O–H groups in total. The molecule has 0 fully saturated rings. The van der Waals surface area contributed by atoms with Gasteiger partial charge in [0.2, 0.25) is 0 Å². The molecule has 0 aliphatic rings. The van der Waals surface area contributed by atoms with Crippen molar-refractivity contribution < 1.29 is 5.11 Å². The number of benzene rings is 2. The predicted octanol–water partition coefficient (Wildman–Crippen LogP) is 5.14. The largest absolute Gasteiger partial charge is 0.507 e. The highest BCUT2D eigenvalue weighted by Gasteiger charge is 2.19. The Labute approximate surface area is 176 Å². The lowest BCUT2D eigenvalue weighted by atomic mass is 10.0. The number of aromatic nitrogens is 2. The number of hydrogen-bond donors (Lipinski definition) is 2. The van der Waals surface area contributed by atoms with Gasteiger partial charge in [-0.15, -0.1) is 0 Å². The molecule has 0 unspecified atom stereocenters. The number of nitrogens with zero attached hydrogens (tertiary/aromatic N) is 4. The number of nitrogens with one attached hydrogen (secondary N) is 1. The summed E-state index contributed by atoms with van der Waals surface area (Å²) in [5, 5.41) is 24.2. The van der Waals surface area contributed by atoms with E-state index in [0.29, 0.717) is 16.8 Å². The van der Waals surface area contributed by atoms with Crippen molar-refractivity contribution in [3.8, 4) is 11.8 Å². The van der Waals surface area contributed by atoms with Gasteiger partial charge in [-0.25, -0.2) is 4.98 Å². The van der Waals surface area contributed by atoms with Crippen LogP contribution < -0.4 is 5.43 Å².